The molecule has 0 radical (unpaired) electrons. The average Bonchev–Trinajstić information content (AvgIpc) is 3.03. The van der Waals surface area contributed by atoms with Gasteiger partial charge in [-0.05, 0) is 42.6 Å². The van der Waals surface area contributed by atoms with Crippen molar-refractivity contribution in [2.45, 2.75) is 18.8 Å². The molecule has 2 rings (SSSR count). The maximum atomic E-state index is 6.09. The minimum Gasteiger partial charge on any atom is -0.495 e. The summed E-state index contributed by atoms with van der Waals surface area (Å²) in [7, 11) is 1.59. The van der Waals surface area contributed by atoms with Crippen molar-refractivity contribution < 1.29 is 4.74 Å². The molecule has 0 amide bonds. The highest BCUT2D eigenvalue weighted by Gasteiger charge is 2.27. The number of halogens is 1. The number of methoxy groups -OCH3 is 1. The summed E-state index contributed by atoms with van der Waals surface area (Å²) in [5.74, 6) is 1.20. The molecular weight excluding hydrogens is 244 g/mol. The van der Waals surface area contributed by atoms with E-state index < -0.39 is 0 Å². The first-order chi connectivity index (χ1) is 7.61. The molecule has 0 bridgehead atoms. The maximum Gasteiger partial charge on any atom is 0.168 e. The van der Waals surface area contributed by atoms with E-state index in [1.54, 1.807) is 7.11 Å². The van der Waals surface area contributed by atoms with Gasteiger partial charge in [0, 0.05) is 11.8 Å². The lowest BCUT2D eigenvalue weighted by atomic mass is 10.1. The van der Waals surface area contributed by atoms with Gasteiger partial charge in [0.15, 0.2) is 5.11 Å². The first kappa shape index (κ1) is 11.5. The Kier molecular flexibility index (Phi) is 3.21. The van der Waals surface area contributed by atoms with Gasteiger partial charge in [-0.3, -0.25) is 0 Å². The maximum absolute atomic E-state index is 6.09. The average molecular weight is 257 g/mol. The third-order valence-corrected chi connectivity index (χ3v) is 3.00. The second-order valence-corrected chi connectivity index (χ2v) is 4.68. The quantitative estimate of drug-likeness (QED) is 0.817. The highest BCUT2D eigenvalue weighted by Crippen LogP contribution is 2.46. The lowest BCUT2D eigenvalue weighted by Gasteiger charge is -2.13. The van der Waals surface area contributed by atoms with Crippen molar-refractivity contribution in [1.82, 2.24) is 0 Å². The molecule has 1 aromatic rings. The van der Waals surface area contributed by atoms with Gasteiger partial charge in [-0.1, -0.05) is 11.6 Å². The molecule has 0 aromatic heterocycles. The lowest BCUT2D eigenvalue weighted by Crippen LogP contribution is -2.19. The predicted octanol–water partition coefficient (Wildman–Crippen LogP) is 2.88. The number of hydrogen-bond acceptors (Lipinski definition) is 2. The predicted molar refractivity (Wildman–Crippen MR) is 70.4 cm³/mol. The van der Waals surface area contributed by atoms with Crippen molar-refractivity contribution in [3.8, 4) is 5.75 Å². The van der Waals surface area contributed by atoms with Gasteiger partial charge in [0.25, 0.3) is 0 Å². The molecule has 1 aromatic carbocycles. The zero-order valence-electron chi connectivity index (χ0n) is 8.92. The minimum absolute atomic E-state index is 0.256. The number of ether oxygens (including phenoxy) is 1. The molecule has 0 saturated heterocycles. The van der Waals surface area contributed by atoms with Crippen LogP contribution in [0.1, 0.15) is 24.3 Å². The van der Waals surface area contributed by atoms with Crippen LogP contribution in [0, 0.1) is 0 Å². The molecule has 5 heteroatoms. The summed E-state index contributed by atoms with van der Waals surface area (Å²) >= 11 is 10.9. The molecule has 1 aliphatic carbocycles. The van der Waals surface area contributed by atoms with Crippen molar-refractivity contribution in [3.05, 3.63) is 22.7 Å². The molecule has 3 nitrogen and oxygen atoms in total. The number of thiocarbonyl (C=S) groups is 1. The normalized spacial score (nSPS) is 14.6. The van der Waals surface area contributed by atoms with Crippen molar-refractivity contribution in [3.63, 3.8) is 0 Å². The smallest absolute Gasteiger partial charge is 0.168 e. The molecule has 1 aliphatic rings. The lowest BCUT2D eigenvalue weighted by molar-refractivity contribution is 0.415. The van der Waals surface area contributed by atoms with E-state index in [4.69, 9.17) is 34.3 Å². The van der Waals surface area contributed by atoms with Gasteiger partial charge in [-0.15, -0.1) is 0 Å². The van der Waals surface area contributed by atoms with E-state index in [-0.39, 0.29) is 5.11 Å². The fourth-order valence-electron chi connectivity index (χ4n) is 1.70. The van der Waals surface area contributed by atoms with Gasteiger partial charge in [-0.2, -0.15) is 0 Å². The van der Waals surface area contributed by atoms with E-state index in [1.807, 2.05) is 12.1 Å². The van der Waals surface area contributed by atoms with Crippen LogP contribution in [0.15, 0.2) is 12.1 Å². The zero-order chi connectivity index (χ0) is 11.7. The Bertz CT molecular complexity index is 432. The number of anilines is 1. The van der Waals surface area contributed by atoms with Gasteiger partial charge < -0.3 is 15.8 Å². The standard InChI is InChI=1S/C11H13ClN2OS/c1-15-10-5-9(14-11(13)16)7(4-8(10)12)6-2-3-6/h4-6H,2-3H2,1H3,(H3,13,14,16). The van der Waals surface area contributed by atoms with Gasteiger partial charge in [-0.25, -0.2) is 0 Å². The number of rotatable bonds is 3. The molecular formula is C11H13ClN2OS. The van der Waals surface area contributed by atoms with Gasteiger partial charge >= 0.3 is 0 Å². The van der Waals surface area contributed by atoms with Crippen LogP contribution in [0.2, 0.25) is 5.02 Å². The summed E-state index contributed by atoms with van der Waals surface area (Å²) in [4.78, 5) is 0. The van der Waals surface area contributed by atoms with Gasteiger partial charge in [0.1, 0.15) is 5.75 Å². The van der Waals surface area contributed by atoms with Gasteiger partial charge in [0.05, 0.1) is 12.1 Å². The van der Waals surface area contributed by atoms with E-state index >= 15 is 0 Å². The van der Waals surface area contributed by atoms with Crippen LogP contribution in [0.4, 0.5) is 5.69 Å². The topological polar surface area (TPSA) is 47.3 Å². The van der Waals surface area contributed by atoms with Crippen molar-refractivity contribution in [2.75, 3.05) is 12.4 Å². The van der Waals surface area contributed by atoms with E-state index in [9.17, 15) is 0 Å². The Balaban J connectivity index is 2.40. The number of nitrogens with one attached hydrogen (secondary N) is 1. The highest BCUT2D eigenvalue weighted by molar-refractivity contribution is 7.80. The second kappa shape index (κ2) is 4.47. The Hall–Kier alpha value is -1.00. The fraction of sp³-hybridized carbons (Fsp3) is 0.364. The number of hydrogen-bond donors (Lipinski definition) is 2. The number of nitrogens with two attached hydrogens (primary N) is 1. The van der Waals surface area contributed by atoms with E-state index in [2.05, 4.69) is 5.32 Å². The van der Waals surface area contributed by atoms with Crippen LogP contribution in [0.5, 0.6) is 5.75 Å². The van der Waals surface area contributed by atoms with E-state index in [0.29, 0.717) is 16.7 Å². The molecule has 1 fully saturated rings. The summed E-state index contributed by atoms with van der Waals surface area (Å²) in [6.45, 7) is 0. The Labute approximate surface area is 105 Å². The summed E-state index contributed by atoms with van der Waals surface area (Å²) in [5, 5.41) is 3.85. The molecule has 0 aliphatic heterocycles. The first-order valence-corrected chi connectivity index (χ1v) is 5.84. The summed E-state index contributed by atoms with van der Waals surface area (Å²) < 4.78 is 5.17. The van der Waals surface area contributed by atoms with Crippen LogP contribution in [-0.4, -0.2) is 12.2 Å². The first-order valence-electron chi connectivity index (χ1n) is 5.05. The minimum atomic E-state index is 0.256. The zero-order valence-corrected chi connectivity index (χ0v) is 10.5. The Morgan fingerprint density at radius 1 is 1.56 bits per heavy atom. The summed E-state index contributed by atoms with van der Waals surface area (Å²) in [6, 6.07) is 3.77. The Morgan fingerprint density at radius 3 is 2.75 bits per heavy atom. The number of benzene rings is 1. The van der Waals surface area contributed by atoms with Crippen LogP contribution in [0.25, 0.3) is 0 Å². The van der Waals surface area contributed by atoms with Crippen LogP contribution in [-0.2, 0) is 0 Å². The molecule has 0 atom stereocenters. The Morgan fingerprint density at radius 2 is 2.25 bits per heavy atom. The molecule has 86 valence electrons. The third kappa shape index (κ3) is 2.39. The largest absolute Gasteiger partial charge is 0.495 e. The van der Waals surface area contributed by atoms with Crippen molar-refractivity contribution in [1.29, 1.82) is 0 Å². The molecule has 0 unspecified atom stereocenters. The van der Waals surface area contributed by atoms with Crippen molar-refractivity contribution >= 4 is 34.6 Å². The molecule has 1 saturated carbocycles. The molecule has 3 N–H and O–H groups in total. The van der Waals surface area contributed by atoms with Crippen LogP contribution in [0.3, 0.4) is 0 Å². The molecule has 0 heterocycles. The summed E-state index contributed by atoms with van der Waals surface area (Å²) in [6.07, 6.45) is 2.38. The second-order valence-electron chi connectivity index (χ2n) is 3.84. The monoisotopic (exact) mass is 256 g/mol. The van der Waals surface area contributed by atoms with Crippen LogP contribution >= 0.6 is 23.8 Å². The van der Waals surface area contributed by atoms with Crippen LogP contribution < -0.4 is 15.8 Å². The SMILES string of the molecule is COc1cc(NC(N)=S)c(C2CC2)cc1Cl. The van der Waals surface area contributed by atoms with Crippen molar-refractivity contribution in [2.24, 2.45) is 5.73 Å². The fourth-order valence-corrected chi connectivity index (χ4v) is 2.06. The highest BCUT2D eigenvalue weighted by atomic mass is 35.5. The van der Waals surface area contributed by atoms with Gasteiger partial charge in [0.2, 0.25) is 0 Å². The van der Waals surface area contributed by atoms with E-state index in [1.165, 1.54) is 18.4 Å². The van der Waals surface area contributed by atoms with E-state index in [0.717, 1.165) is 5.69 Å². The molecule has 0 spiro atoms. The third-order valence-electron chi connectivity index (χ3n) is 2.60. The molecule has 16 heavy (non-hydrogen) atoms. The summed E-state index contributed by atoms with van der Waals surface area (Å²) in [5.41, 5.74) is 7.55.